The molecule has 4 nitrogen and oxygen atoms in total. The standard InChI is InChI=1S/C14H23NO3/c1-16-10-11-7-8-13(17-2)14(18-3)12(11)6-4-5-9-15/h7-8H,4-6,9-10,15H2,1-3H3. The van der Waals surface area contributed by atoms with Gasteiger partial charge in [0.15, 0.2) is 11.5 Å². The van der Waals surface area contributed by atoms with Gasteiger partial charge in [-0.25, -0.2) is 0 Å². The number of nitrogens with two attached hydrogens (primary N) is 1. The molecule has 18 heavy (non-hydrogen) atoms. The van der Waals surface area contributed by atoms with Crippen LogP contribution in [0.15, 0.2) is 12.1 Å². The molecule has 2 N–H and O–H groups in total. The topological polar surface area (TPSA) is 53.7 Å². The second-order valence-electron chi connectivity index (χ2n) is 4.12. The van der Waals surface area contributed by atoms with Crippen LogP contribution in [0.3, 0.4) is 0 Å². The van der Waals surface area contributed by atoms with Crippen molar-refractivity contribution in [2.75, 3.05) is 27.9 Å². The van der Waals surface area contributed by atoms with Crippen molar-refractivity contribution in [2.24, 2.45) is 5.73 Å². The third-order valence-electron chi connectivity index (χ3n) is 2.93. The maximum atomic E-state index is 5.54. The van der Waals surface area contributed by atoms with Crippen molar-refractivity contribution in [1.82, 2.24) is 0 Å². The van der Waals surface area contributed by atoms with Gasteiger partial charge in [-0.05, 0) is 37.4 Å². The average molecular weight is 253 g/mol. The van der Waals surface area contributed by atoms with Crippen LogP contribution in [0, 0.1) is 0 Å². The first-order valence-electron chi connectivity index (χ1n) is 6.20. The monoisotopic (exact) mass is 253 g/mol. The largest absolute Gasteiger partial charge is 0.493 e. The van der Waals surface area contributed by atoms with Crippen LogP contribution in [-0.4, -0.2) is 27.9 Å². The molecule has 0 atom stereocenters. The Hall–Kier alpha value is -1.26. The lowest BCUT2D eigenvalue weighted by Gasteiger charge is -2.16. The van der Waals surface area contributed by atoms with Gasteiger partial charge in [0, 0.05) is 12.7 Å². The molecular weight excluding hydrogens is 230 g/mol. The van der Waals surface area contributed by atoms with E-state index in [0.29, 0.717) is 13.2 Å². The summed E-state index contributed by atoms with van der Waals surface area (Å²) in [6.45, 7) is 1.30. The minimum Gasteiger partial charge on any atom is -0.493 e. The fourth-order valence-corrected chi connectivity index (χ4v) is 2.04. The number of benzene rings is 1. The van der Waals surface area contributed by atoms with E-state index in [0.717, 1.165) is 41.9 Å². The number of ether oxygens (including phenoxy) is 3. The van der Waals surface area contributed by atoms with Gasteiger partial charge >= 0.3 is 0 Å². The van der Waals surface area contributed by atoms with Crippen molar-refractivity contribution in [3.63, 3.8) is 0 Å². The molecule has 0 bridgehead atoms. The highest BCUT2D eigenvalue weighted by Gasteiger charge is 2.14. The lowest BCUT2D eigenvalue weighted by molar-refractivity contribution is 0.183. The van der Waals surface area contributed by atoms with Gasteiger partial charge in [0.05, 0.1) is 20.8 Å². The molecule has 0 radical (unpaired) electrons. The van der Waals surface area contributed by atoms with E-state index in [1.165, 1.54) is 0 Å². The molecular formula is C14H23NO3. The minimum atomic E-state index is 0.582. The number of rotatable bonds is 8. The zero-order chi connectivity index (χ0) is 13.4. The van der Waals surface area contributed by atoms with Gasteiger partial charge in [0.2, 0.25) is 0 Å². The summed E-state index contributed by atoms with van der Waals surface area (Å²) < 4.78 is 16.0. The van der Waals surface area contributed by atoms with Crippen LogP contribution in [-0.2, 0) is 17.8 Å². The Morgan fingerprint density at radius 1 is 1.06 bits per heavy atom. The Labute approximate surface area is 109 Å². The first-order valence-corrected chi connectivity index (χ1v) is 6.20. The van der Waals surface area contributed by atoms with Crippen LogP contribution in [0.1, 0.15) is 24.0 Å². The molecule has 1 aromatic carbocycles. The van der Waals surface area contributed by atoms with Gasteiger partial charge < -0.3 is 19.9 Å². The summed E-state index contributed by atoms with van der Waals surface area (Å²) >= 11 is 0. The van der Waals surface area contributed by atoms with Crippen molar-refractivity contribution in [2.45, 2.75) is 25.9 Å². The molecule has 0 amide bonds. The molecule has 0 spiro atoms. The van der Waals surface area contributed by atoms with Gasteiger partial charge in [-0.1, -0.05) is 6.07 Å². The summed E-state index contributed by atoms with van der Waals surface area (Å²) in [5.74, 6) is 1.57. The predicted molar refractivity (Wildman–Crippen MR) is 72.3 cm³/mol. The molecule has 0 aliphatic heterocycles. The highest BCUT2D eigenvalue weighted by atomic mass is 16.5. The summed E-state index contributed by atoms with van der Waals surface area (Å²) in [5, 5.41) is 0. The van der Waals surface area contributed by atoms with Gasteiger partial charge in [0.1, 0.15) is 0 Å². The van der Waals surface area contributed by atoms with Gasteiger partial charge in [-0.2, -0.15) is 0 Å². The smallest absolute Gasteiger partial charge is 0.164 e. The van der Waals surface area contributed by atoms with Crippen LogP contribution in [0.25, 0.3) is 0 Å². The molecule has 0 saturated carbocycles. The lowest BCUT2D eigenvalue weighted by atomic mass is 10.0. The molecule has 0 fully saturated rings. The lowest BCUT2D eigenvalue weighted by Crippen LogP contribution is -2.04. The van der Waals surface area contributed by atoms with Crippen LogP contribution >= 0.6 is 0 Å². The van der Waals surface area contributed by atoms with Crippen molar-refractivity contribution in [1.29, 1.82) is 0 Å². The summed E-state index contributed by atoms with van der Waals surface area (Å²) in [4.78, 5) is 0. The molecule has 4 heteroatoms. The second kappa shape index (κ2) is 7.95. The van der Waals surface area contributed by atoms with E-state index < -0.39 is 0 Å². The van der Waals surface area contributed by atoms with Crippen molar-refractivity contribution < 1.29 is 14.2 Å². The SMILES string of the molecule is COCc1ccc(OC)c(OC)c1CCCCN. The number of hydrogen-bond acceptors (Lipinski definition) is 4. The third kappa shape index (κ3) is 3.62. The molecule has 1 rings (SSSR count). The third-order valence-corrected chi connectivity index (χ3v) is 2.93. The Bertz CT molecular complexity index is 366. The highest BCUT2D eigenvalue weighted by molar-refractivity contribution is 5.50. The first kappa shape index (κ1) is 14.8. The Morgan fingerprint density at radius 3 is 2.39 bits per heavy atom. The molecule has 1 aromatic rings. The van der Waals surface area contributed by atoms with E-state index in [9.17, 15) is 0 Å². The summed E-state index contributed by atoms with van der Waals surface area (Å²) in [6, 6.07) is 3.95. The van der Waals surface area contributed by atoms with Gasteiger partial charge in [-0.15, -0.1) is 0 Å². The second-order valence-corrected chi connectivity index (χ2v) is 4.12. The van der Waals surface area contributed by atoms with Crippen molar-refractivity contribution >= 4 is 0 Å². The van der Waals surface area contributed by atoms with Crippen LogP contribution in [0.4, 0.5) is 0 Å². The van der Waals surface area contributed by atoms with Gasteiger partial charge in [0.25, 0.3) is 0 Å². The van der Waals surface area contributed by atoms with E-state index in [1.54, 1.807) is 21.3 Å². The quantitative estimate of drug-likeness (QED) is 0.721. The number of hydrogen-bond donors (Lipinski definition) is 1. The minimum absolute atomic E-state index is 0.582. The van der Waals surface area contributed by atoms with E-state index >= 15 is 0 Å². The van der Waals surface area contributed by atoms with Crippen LogP contribution in [0.2, 0.25) is 0 Å². The van der Waals surface area contributed by atoms with Crippen LogP contribution < -0.4 is 15.2 Å². The zero-order valence-corrected chi connectivity index (χ0v) is 11.5. The van der Waals surface area contributed by atoms with Crippen LogP contribution in [0.5, 0.6) is 11.5 Å². The van der Waals surface area contributed by atoms with Gasteiger partial charge in [-0.3, -0.25) is 0 Å². The van der Waals surface area contributed by atoms with E-state index in [-0.39, 0.29) is 0 Å². The number of methoxy groups -OCH3 is 3. The molecule has 0 heterocycles. The Kier molecular flexibility index (Phi) is 6.54. The molecule has 102 valence electrons. The van der Waals surface area contributed by atoms with E-state index in [1.807, 2.05) is 12.1 Å². The zero-order valence-electron chi connectivity index (χ0n) is 11.5. The van der Waals surface area contributed by atoms with Crippen molar-refractivity contribution in [3.05, 3.63) is 23.3 Å². The Balaban J connectivity index is 3.03. The summed E-state index contributed by atoms with van der Waals surface area (Å²) in [6.07, 6.45) is 2.97. The van der Waals surface area contributed by atoms with Crippen molar-refractivity contribution in [3.8, 4) is 11.5 Å². The summed E-state index contributed by atoms with van der Waals surface area (Å²) in [7, 11) is 5.01. The van der Waals surface area contributed by atoms with E-state index in [4.69, 9.17) is 19.9 Å². The highest BCUT2D eigenvalue weighted by Crippen LogP contribution is 2.34. The first-order chi connectivity index (χ1) is 8.78. The molecule has 0 saturated heterocycles. The molecule has 0 aliphatic carbocycles. The maximum absolute atomic E-state index is 5.54. The number of unbranched alkanes of at least 4 members (excludes halogenated alkanes) is 1. The summed E-state index contributed by atoms with van der Waals surface area (Å²) in [5.41, 5.74) is 7.84. The predicted octanol–water partition coefficient (Wildman–Crippen LogP) is 2.13. The maximum Gasteiger partial charge on any atom is 0.164 e. The fourth-order valence-electron chi connectivity index (χ4n) is 2.04. The molecule has 0 aromatic heterocycles. The van der Waals surface area contributed by atoms with E-state index in [2.05, 4.69) is 0 Å². The fraction of sp³-hybridized carbons (Fsp3) is 0.571. The molecule has 0 aliphatic rings. The Morgan fingerprint density at radius 2 is 1.83 bits per heavy atom. The normalized spacial score (nSPS) is 10.4. The average Bonchev–Trinajstić information content (AvgIpc) is 2.40. The molecule has 0 unspecified atom stereocenters.